The molecule has 1 aliphatic carbocycles. The predicted molar refractivity (Wildman–Crippen MR) is 63.1 cm³/mol. The van der Waals surface area contributed by atoms with Crippen LogP contribution < -0.4 is 0 Å². The number of hydrogen-bond donors (Lipinski definition) is 0. The lowest BCUT2D eigenvalue weighted by Crippen LogP contribution is -2.46. The summed E-state index contributed by atoms with van der Waals surface area (Å²) in [6, 6.07) is 0.165. The fourth-order valence-corrected chi connectivity index (χ4v) is 2.40. The van der Waals surface area contributed by atoms with Crippen molar-refractivity contribution < 1.29 is 9.53 Å². The van der Waals surface area contributed by atoms with E-state index in [2.05, 4.69) is 6.58 Å². The maximum atomic E-state index is 12.0. The second kappa shape index (κ2) is 3.79. The molecule has 1 saturated heterocycles. The van der Waals surface area contributed by atoms with Gasteiger partial charge in [-0.3, -0.25) is 0 Å². The van der Waals surface area contributed by atoms with Crippen molar-refractivity contribution >= 4 is 6.09 Å². The lowest BCUT2D eigenvalue weighted by Gasteiger charge is -2.34. The van der Waals surface area contributed by atoms with Crippen molar-refractivity contribution in [1.29, 1.82) is 0 Å². The molecule has 0 bridgehead atoms. The molecule has 1 amide bonds. The van der Waals surface area contributed by atoms with Crippen LogP contribution in [-0.4, -0.2) is 29.2 Å². The average Bonchev–Trinajstić information content (AvgIpc) is 2.90. The fraction of sp³-hybridized carbons (Fsp3) is 0.769. The summed E-state index contributed by atoms with van der Waals surface area (Å²) < 4.78 is 5.42. The highest BCUT2D eigenvalue weighted by Gasteiger charge is 2.46. The van der Waals surface area contributed by atoms with Crippen LogP contribution in [0.4, 0.5) is 4.79 Å². The Hall–Kier alpha value is -0.990. The number of likely N-dealkylation sites (tertiary alicyclic amines) is 1. The van der Waals surface area contributed by atoms with Gasteiger partial charge in [0, 0.05) is 6.54 Å². The zero-order valence-corrected chi connectivity index (χ0v) is 10.4. The molecule has 16 heavy (non-hydrogen) atoms. The normalized spacial score (nSPS) is 32.9. The highest BCUT2D eigenvalue weighted by Crippen LogP contribution is 2.47. The summed E-state index contributed by atoms with van der Waals surface area (Å²) in [7, 11) is 0. The Balaban J connectivity index is 2.00. The second-order valence-corrected chi connectivity index (χ2v) is 5.93. The molecule has 0 N–H and O–H groups in total. The number of nitrogens with zero attached hydrogens (tertiary/aromatic N) is 1. The first kappa shape index (κ1) is 11.5. The molecule has 3 heteroatoms. The molecule has 3 nitrogen and oxygen atoms in total. The SMILES string of the molecule is C=C[C@@H]1CC2CC2CN1C(=O)OC(C)(C)C. The van der Waals surface area contributed by atoms with Crippen molar-refractivity contribution in [2.45, 2.75) is 45.3 Å². The molecule has 2 fully saturated rings. The van der Waals surface area contributed by atoms with Gasteiger partial charge in [-0.2, -0.15) is 0 Å². The monoisotopic (exact) mass is 223 g/mol. The van der Waals surface area contributed by atoms with Gasteiger partial charge in [-0.25, -0.2) is 4.79 Å². The van der Waals surface area contributed by atoms with Crippen LogP contribution in [0.2, 0.25) is 0 Å². The molecule has 0 aromatic rings. The first-order chi connectivity index (χ1) is 7.40. The summed E-state index contributed by atoms with van der Waals surface area (Å²) in [6.45, 7) is 10.4. The Morgan fingerprint density at radius 1 is 1.38 bits per heavy atom. The van der Waals surface area contributed by atoms with Crippen LogP contribution in [0, 0.1) is 11.8 Å². The van der Waals surface area contributed by atoms with Gasteiger partial charge in [0.15, 0.2) is 0 Å². The number of carbonyl (C=O) groups excluding carboxylic acids is 1. The summed E-state index contributed by atoms with van der Waals surface area (Å²) in [5.41, 5.74) is -0.413. The van der Waals surface area contributed by atoms with Crippen LogP contribution in [0.15, 0.2) is 12.7 Å². The first-order valence-corrected chi connectivity index (χ1v) is 6.03. The van der Waals surface area contributed by atoms with Crippen molar-refractivity contribution in [1.82, 2.24) is 4.90 Å². The molecule has 0 aromatic carbocycles. The van der Waals surface area contributed by atoms with Gasteiger partial charge < -0.3 is 9.64 Å². The smallest absolute Gasteiger partial charge is 0.410 e. The van der Waals surface area contributed by atoms with Crippen LogP contribution in [0.1, 0.15) is 33.6 Å². The van der Waals surface area contributed by atoms with E-state index in [1.165, 1.54) is 6.42 Å². The second-order valence-electron chi connectivity index (χ2n) is 5.93. The minimum absolute atomic E-state index is 0.165. The van der Waals surface area contributed by atoms with E-state index >= 15 is 0 Å². The Kier molecular flexibility index (Phi) is 2.72. The van der Waals surface area contributed by atoms with E-state index < -0.39 is 5.60 Å². The third kappa shape index (κ3) is 2.39. The predicted octanol–water partition coefficient (Wildman–Crippen LogP) is 2.82. The molecule has 90 valence electrons. The van der Waals surface area contributed by atoms with E-state index in [0.717, 1.165) is 18.9 Å². The highest BCUT2D eigenvalue weighted by atomic mass is 16.6. The third-order valence-electron chi connectivity index (χ3n) is 3.34. The summed E-state index contributed by atoms with van der Waals surface area (Å²) >= 11 is 0. The van der Waals surface area contributed by atoms with Gasteiger partial charge in [0.2, 0.25) is 0 Å². The molecule has 0 spiro atoms. The van der Waals surface area contributed by atoms with Crippen molar-refractivity contribution in [3.63, 3.8) is 0 Å². The van der Waals surface area contributed by atoms with Crippen LogP contribution >= 0.6 is 0 Å². The van der Waals surface area contributed by atoms with Gasteiger partial charge in [-0.15, -0.1) is 6.58 Å². The minimum Gasteiger partial charge on any atom is -0.444 e. The number of piperidine rings is 1. The molecular weight excluding hydrogens is 202 g/mol. The fourth-order valence-electron chi connectivity index (χ4n) is 2.40. The number of carbonyl (C=O) groups is 1. The molecule has 1 aliphatic heterocycles. The lowest BCUT2D eigenvalue weighted by molar-refractivity contribution is 0.0139. The third-order valence-corrected chi connectivity index (χ3v) is 3.34. The Morgan fingerprint density at radius 3 is 2.62 bits per heavy atom. The van der Waals surface area contributed by atoms with Crippen molar-refractivity contribution in [3.05, 3.63) is 12.7 Å². The van der Waals surface area contributed by atoms with Crippen molar-refractivity contribution in [2.24, 2.45) is 11.8 Å². The van der Waals surface area contributed by atoms with Gasteiger partial charge in [0.1, 0.15) is 5.60 Å². The van der Waals surface area contributed by atoms with Crippen molar-refractivity contribution in [3.8, 4) is 0 Å². The first-order valence-electron chi connectivity index (χ1n) is 6.03. The van der Waals surface area contributed by atoms with E-state index in [4.69, 9.17) is 4.74 Å². The average molecular weight is 223 g/mol. The van der Waals surface area contributed by atoms with Crippen LogP contribution in [-0.2, 0) is 4.74 Å². The van der Waals surface area contributed by atoms with E-state index in [1.54, 1.807) is 0 Å². The van der Waals surface area contributed by atoms with E-state index in [9.17, 15) is 4.79 Å². The largest absolute Gasteiger partial charge is 0.444 e. The van der Waals surface area contributed by atoms with Gasteiger partial charge in [0.25, 0.3) is 0 Å². The van der Waals surface area contributed by atoms with Crippen LogP contribution in [0.3, 0.4) is 0 Å². The number of amides is 1. The van der Waals surface area contributed by atoms with Gasteiger partial charge in [-0.1, -0.05) is 6.08 Å². The molecule has 2 unspecified atom stereocenters. The maximum Gasteiger partial charge on any atom is 0.410 e. The number of rotatable bonds is 1. The highest BCUT2D eigenvalue weighted by molar-refractivity contribution is 5.69. The molecular formula is C13H21NO2. The Labute approximate surface area is 97.5 Å². The summed E-state index contributed by atoms with van der Waals surface area (Å²) in [5.74, 6) is 1.53. The minimum atomic E-state index is -0.413. The molecule has 1 saturated carbocycles. The number of ether oxygens (including phenoxy) is 1. The quantitative estimate of drug-likeness (QED) is 0.640. The topological polar surface area (TPSA) is 29.5 Å². The summed E-state index contributed by atoms with van der Waals surface area (Å²) in [5, 5.41) is 0. The summed E-state index contributed by atoms with van der Waals surface area (Å²) in [4.78, 5) is 13.8. The van der Waals surface area contributed by atoms with Crippen molar-refractivity contribution in [2.75, 3.05) is 6.54 Å². The van der Waals surface area contributed by atoms with Gasteiger partial charge in [-0.05, 0) is 45.4 Å². The Morgan fingerprint density at radius 2 is 2.06 bits per heavy atom. The zero-order valence-electron chi connectivity index (χ0n) is 10.4. The number of fused-ring (bicyclic) bond motifs is 1. The molecule has 2 rings (SSSR count). The molecule has 1 heterocycles. The van der Waals surface area contributed by atoms with E-state index in [0.29, 0.717) is 5.92 Å². The molecule has 0 aromatic heterocycles. The standard InChI is InChI=1S/C13H21NO2/c1-5-11-7-9-6-10(9)8-14(11)12(15)16-13(2,3)4/h5,9-11H,1,6-8H2,2-4H3/t9?,10?,11-/m1/s1. The number of hydrogen-bond acceptors (Lipinski definition) is 2. The molecule has 3 atom stereocenters. The zero-order chi connectivity index (χ0) is 11.9. The van der Waals surface area contributed by atoms with Crippen LogP contribution in [0.25, 0.3) is 0 Å². The summed E-state index contributed by atoms with van der Waals surface area (Å²) in [6.07, 6.45) is 4.01. The van der Waals surface area contributed by atoms with Gasteiger partial charge >= 0.3 is 6.09 Å². The van der Waals surface area contributed by atoms with Crippen LogP contribution in [0.5, 0.6) is 0 Å². The van der Waals surface area contributed by atoms with Gasteiger partial charge in [0.05, 0.1) is 6.04 Å². The maximum absolute atomic E-state index is 12.0. The molecule has 2 aliphatic rings. The van der Waals surface area contributed by atoms with E-state index in [-0.39, 0.29) is 12.1 Å². The van der Waals surface area contributed by atoms with E-state index in [1.807, 2.05) is 31.7 Å². The Bertz CT molecular complexity index is 306. The lowest BCUT2D eigenvalue weighted by atomic mass is 10.0. The molecule has 0 radical (unpaired) electrons.